The van der Waals surface area contributed by atoms with E-state index in [4.69, 9.17) is 5.11 Å². The quantitative estimate of drug-likeness (QED) is 0.775. The number of carboxylic acid groups (broad SMARTS) is 1. The maximum atomic E-state index is 11.0. The van der Waals surface area contributed by atoms with Gasteiger partial charge in [-0.25, -0.2) is 4.79 Å². The van der Waals surface area contributed by atoms with Gasteiger partial charge in [-0.05, 0) is 30.5 Å². The Balaban J connectivity index is 2.19. The first-order valence-electron chi connectivity index (χ1n) is 6.19. The maximum absolute atomic E-state index is 11.0. The van der Waals surface area contributed by atoms with Gasteiger partial charge in [0.15, 0.2) is 5.69 Å². The van der Waals surface area contributed by atoms with Crippen molar-refractivity contribution in [3.05, 3.63) is 47.9 Å². The molecule has 5 nitrogen and oxygen atoms in total. The Labute approximate surface area is 115 Å². The van der Waals surface area contributed by atoms with E-state index in [1.165, 1.54) is 0 Å². The van der Waals surface area contributed by atoms with E-state index < -0.39 is 5.97 Å². The van der Waals surface area contributed by atoms with Crippen LogP contribution in [-0.4, -0.2) is 25.8 Å². The largest absolute Gasteiger partial charge is 0.476 e. The number of nitrogens with zero attached hydrogens (tertiary/aromatic N) is 3. The summed E-state index contributed by atoms with van der Waals surface area (Å²) in [4.78, 5) is 15.3. The summed E-state index contributed by atoms with van der Waals surface area (Å²) < 4.78 is 1.58. The van der Waals surface area contributed by atoms with Crippen LogP contribution in [0.3, 0.4) is 0 Å². The Bertz CT molecular complexity index is 821. The van der Waals surface area contributed by atoms with Gasteiger partial charge in [0.25, 0.3) is 0 Å². The first kappa shape index (κ1) is 12.3. The van der Waals surface area contributed by atoms with E-state index in [0.29, 0.717) is 0 Å². The molecule has 0 atom stereocenters. The van der Waals surface area contributed by atoms with Gasteiger partial charge >= 0.3 is 5.97 Å². The Hall–Kier alpha value is -2.69. The molecule has 100 valence electrons. The molecular formula is C15H13N3O2. The second-order valence-electron chi connectivity index (χ2n) is 4.68. The average molecular weight is 267 g/mol. The van der Waals surface area contributed by atoms with E-state index >= 15 is 0 Å². The molecule has 0 radical (unpaired) electrons. The van der Waals surface area contributed by atoms with Gasteiger partial charge in [0.2, 0.25) is 0 Å². The van der Waals surface area contributed by atoms with Crippen molar-refractivity contribution >= 4 is 16.7 Å². The van der Waals surface area contributed by atoms with Crippen LogP contribution < -0.4 is 0 Å². The lowest BCUT2D eigenvalue weighted by Gasteiger charge is -2.05. The lowest BCUT2D eigenvalue weighted by molar-refractivity contribution is 0.0689. The fourth-order valence-corrected chi connectivity index (χ4v) is 2.32. The van der Waals surface area contributed by atoms with Crippen molar-refractivity contribution in [1.82, 2.24) is 14.8 Å². The zero-order valence-corrected chi connectivity index (χ0v) is 11.2. The Kier molecular flexibility index (Phi) is 2.75. The first-order chi connectivity index (χ1) is 9.56. The van der Waals surface area contributed by atoms with Crippen molar-refractivity contribution in [2.24, 2.45) is 7.05 Å². The third-order valence-corrected chi connectivity index (χ3v) is 3.36. The monoisotopic (exact) mass is 267 g/mol. The van der Waals surface area contributed by atoms with Gasteiger partial charge in [0, 0.05) is 29.9 Å². The van der Waals surface area contributed by atoms with Crippen LogP contribution in [0, 0.1) is 6.92 Å². The molecule has 0 amide bonds. The summed E-state index contributed by atoms with van der Waals surface area (Å²) in [6.07, 6.45) is 1.78. The Morgan fingerprint density at radius 2 is 2.05 bits per heavy atom. The predicted molar refractivity (Wildman–Crippen MR) is 75.6 cm³/mol. The molecule has 2 aromatic heterocycles. The van der Waals surface area contributed by atoms with Crippen LogP contribution in [0.25, 0.3) is 22.0 Å². The van der Waals surface area contributed by atoms with Gasteiger partial charge in [-0.2, -0.15) is 5.10 Å². The second kappa shape index (κ2) is 4.45. The fourth-order valence-electron chi connectivity index (χ4n) is 2.32. The zero-order chi connectivity index (χ0) is 14.3. The van der Waals surface area contributed by atoms with E-state index in [-0.39, 0.29) is 5.69 Å². The Morgan fingerprint density at radius 1 is 1.25 bits per heavy atom. The molecule has 1 N–H and O–H groups in total. The number of hydrogen-bond donors (Lipinski definition) is 1. The summed E-state index contributed by atoms with van der Waals surface area (Å²) in [5.41, 5.74) is 2.69. The molecule has 1 aromatic carbocycles. The van der Waals surface area contributed by atoms with Crippen molar-refractivity contribution < 1.29 is 9.90 Å². The summed E-state index contributed by atoms with van der Waals surface area (Å²) in [6, 6.07) is 9.52. The molecule has 2 heterocycles. The normalized spacial score (nSPS) is 10.9. The van der Waals surface area contributed by atoms with Crippen LogP contribution in [0.2, 0.25) is 0 Å². The predicted octanol–water partition coefficient (Wildman–Crippen LogP) is 2.64. The SMILES string of the molecule is Cc1nccc2ccc(-c3cc(C(=O)O)nn3C)cc12. The van der Waals surface area contributed by atoms with Gasteiger partial charge < -0.3 is 5.11 Å². The van der Waals surface area contributed by atoms with Gasteiger partial charge in [0.1, 0.15) is 0 Å². The first-order valence-corrected chi connectivity index (χ1v) is 6.19. The molecule has 0 aliphatic heterocycles. The smallest absolute Gasteiger partial charge is 0.356 e. The number of carbonyl (C=O) groups is 1. The van der Waals surface area contributed by atoms with Crippen molar-refractivity contribution in [3.8, 4) is 11.3 Å². The van der Waals surface area contributed by atoms with Crippen LogP contribution in [0.5, 0.6) is 0 Å². The third-order valence-electron chi connectivity index (χ3n) is 3.36. The van der Waals surface area contributed by atoms with E-state index in [1.807, 2.05) is 31.2 Å². The van der Waals surface area contributed by atoms with Crippen LogP contribution >= 0.6 is 0 Å². The minimum atomic E-state index is -1.02. The van der Waals surface area contributed by atoms with E-state index in [9.17, 15) is 4.79 Å². The number of aryl methyl sites for hydroxylation is 2. The lowest BCUT2D eigenvalue weighted by Crippen LogP contribution is -1.99. The number of rotatable bonds is 2. The molecular weight excluding hydrogens is 254 g/mol. The maximum Gasteiger partial charge on any atom is 0.356 e. The highest BCUT2D eigenvalue weighted by molar-refractivity contribution is 5.90. The van der Waals surface area contributed by atoms with Crippen LogP contribution in [0.15, 0.2) is 36.5 Å². The topological polar surface area (TPSA) is 68.0 Å². The fraction of sp³-hybridized carbons (Fsp3) is 0.133. The summed E-state index contributed by atoms with van der Waals surface area (Å²) >= 11 is 0. The van der Waals surface area contributed by atoms with Gasteiger partial charge in [-0.15, -0.1) is 0 Å². The number of aromatic nitrogens is 3. The van der Waals surface area contributed by atoms with Crippen molar-refractivity contribution in [1.29, 1.82) is 0 Å². The summed E-state index contributed by atoms with van der Waals surface area (Å²) in [5, 5.41) is 15.2. The molecule has 0 saturated heterocycles. The number of hydrogen-bond acceptors (Lipinski definition) is 3. The van der Waals surface area contributed by atoms with Crippen molar-refractivity contribution in [3.63, 3.8) is 0 Å². The molecule has 20 heavy (non-hydrogen) atoms. The highest BCUT2D eigenvalue weighted by Crippen LogP contribution is 2.25. The van der Waals surface area contributed by atoms with E-state index in [2.05, 4.69) is 10.1 Å². The molecule has 5 heteroatoms. The molecule has 0 aliphatic carbocycles. The molecule has 3 rings (SSSR count). The number of carboxylic acids is 1. The van der Waals surface area contributed by atoms with Gasteiger partial charge in [0.05, 0.1) is 5.69 Å². The van der Waals surface area contributed by atoms with E-state index in [1.54, 1.807) is 24.0 Å². The van der Waals surface area contributed by atoms with Gasteiger partial charge in [-0.1, -0.05) is 12.1 Å². The van der Waals surface area contributed by atoms with E-state index in [0.717, 1.165) is 27.7 Å². The zero-order valence-electron chi connectivity index (χ0n) is 11.2. The summed E-state index contributed by atoms with van der Waals surface area (Å²) in [5.74, 6) is -1.02. The van der Waals surface area contributed by atoms with Crippen molar-refractivity contribution in [2.45, 2.75) is 6.92 Å². The van der Waals surface area contributed by atoms with Crippen molar-refractivity contribution in [2.75, 3.05) is 0 Å². The highest BCUT2D eigenvalue weighted by Gasteiger charge is 2.13. The van der Waals surface area contributed by atoms with Crippen LogP contribution in [-0.2, 0) is 7.05 Å². The van der Waals surface area contributed by atoms with Gasteiger partial charge in [-0.3, -0.25) is 9.67 Å². The minimum absolute atomic E-state index is 0.0468. The number of pyridine rings is 1. The van der Waals surface area contributed by atoms with Crippen LogP contribution in [0.4, 0.5) is 0 Å². The Morgan fingerprint density at radius 3 is 2.75 bits per heavy atom. The highest BCUT2D eigenvalue weighted by atomic mass is 16.4. The molecule has 0 unspecified atom stereocenters. The lowest BCUT2D eigenvalue weighted by atomic mass is 10.0. The second-order valence-corrected chi connectivity index (χ2v) is 4.68. The van der Waals surface area contributed by atoms with Crippen LogP contribution in [0.1, 0.15) is 16.2 Å². The molecule has 0 bridgehead atoms. The molecule has 0 fully saturated rings. The number of benzene rings is 1. The summed E-state index contributed by atoms with van der Waals surface area (Å²) in [7, 11) is 1.74. The minimum Gasteiger partial charge on any atom is -0.476 e. The standard InChI is InChI=1S/C15H13N3O2/c1-9-12-7-11(4-3-10(12)5-6-16-9)14-8-13(15(19)20)17-18(14)2/h3-8H,1-2H3,(H,19,20). The summed E-state index contributed by atoms with van der Waals surface area (Å²) in [6.45, 7) is 1.96. The number of aromatic carboxylic acids is 1. The molecule has 3 aromatic rings. The molecule has 0 aliphatic rings. The molecule has 0 saturated carbocycles. The molecule has 0 spiro atoms. The number of fused-ring (bicyclic) bond motifs is 1. The average Bonchev–Trinajstić information content (AvgIpc) is 2.81. The third kappa shape index (κ3) is 1.93.